The van der Waals surface area contributed by atoms with E-state index >= 15 is 0 Å². The first-order valence-electron chi connectivity index (χ1n) is 5.75. The molecular weight excluding hydrogens is 232 g/mol. The van der Waals surface area contributed by atoms with Gasteiger partial charge in [-0.2, -0.15) is 0 Å². The van der Waals surface area contributed by atoms with E-state index in [1.54, 1.807) is 6.07 Å². The Morgan fingerprint density at radius 2 is 1.94 bits per heavy atom. The molecule has 0 fully saturated rings. The largest absolute Gasteiger partial charge is 0.392 e. The molecule has 98 valence electrons. The zero-order chi connectivity index (χ0) is 13.7. The van der Waals surface area contributed by atoms with Gasteiger partial charge in [-0.15, -0.1) is 0 Å². The molecule has 0 bridgehead atoms. The highest BCUT2D eigenvalue weighted by Gasteiger charge is 2.15. The summed E-state index contributed by atoms with van der Waals surface area (Å²) in [6.07, 6.45) is -0.678. The Kier molecular flexibility index (Phi) is 4.85. The average molecular weight is 250 g/mol. The van der Waals surface area contributed by atoms with Gasteiger partial charge in [-0.1, -0.05) is 12.1 Å². The number of carbonyl (C=O) groups excluding carboxylic acids is 2. The molecule has 0 spiro atoms. The SMILES string of the molecule is Cc1cccc(NC(=O)C(=O)NC[C@H](C)O)c1C. The average Bonchev–Trinajstić information content (AvgIpc) is 2.31. The van der Waals surface area contributed by atoms with Crippen molar-refractivity contribution in [2.75, 3.05) is 11.9 Å². The van der Waals surface area contributed by atoms with Gasteiger partial charge < -0.3 is 15.7 Å². The summed E-state index contributed by atoms with van der Waals surface area (Å²) in [5.41, 5.74) is 2.58. The fourth-order valence-corrected chi connectivity index (χ4v) is 1.39. The van der Waals surface area contributed by atoms with E-state index in [4.69, 9.17) is 5.11 Å². The molecule has 0 aliphatic heterocycles. The second-order valence-corrected chi connectivity index (χ2v) is 4.26. The molecule has 3 N–H and O–H groups in total. The first-order chi connectivity index (χ1) is 8.41. The van der Waals surface area contributed by atoms with Crippen LogP contribution in [0.1, 0.15) is 18.1 Å². The van der Waals surface area contributed by atoms with Crippen LogP contribution in [0, 0.1) is 13.8 Å². The molecule has 0 unspecified atom stereocenters. The number of carbonyl (C=O) groups is 2. The summed E-state index contributed by atoms with van der Waals surface area (Å²) in [4.78, 5) is 23.0. The molecule has 0 aliphatic carbocycles. The highest BCUT2D eigenvalue weighted by atomic mass is 16.3. The second-order valence-electron chi connectivity index (χ2n) is 4.26. The van der Waals surface area contributed by atoms with Gasteiger partial charge in [0.15, 0.2) is 0 Å². The summed E-state index contributed by atoms with van der Waals surface area (Å²) in [6, 6.07) is 5.48. The Bertz CT molecular complexity index is 456. The van der Waals surface area contributed by atoms with Gasteiger partial charge in [-0.3, -0.25) is 9.59 Å². The van der Waals surface area contributed by atoms with Crippen molar-refractivity contribution in [3.8, 4) is 0 Å². The van der Waals surface area contributed by atoms with Crippen molar-refractivity contribution >= 4 is 17.5 Å². The summed E-state index contributed by atoms with van der Waals surface area (Å²) in [6.45, 7) is 5.39. The first-order valence-corrected chi connectivity index (χ1v) is 5.75. The summed E-state index contributed by atoms with van der Waals surface area (Å²) in [7, 11) is 0. The molecule has 1 atom stereocenters. The van der Waals surface area contributed by atoms with Crippen molar-refractivity contribution < 1.29 is 14.7 Å². The molecule has 0 radical (unpaired) electrons. The Labute approximate surface area is 106 Å². The van der Waals surface area contributed by atoms with Crippen molar-refractivity contribution in [2.24, 2.45) is 0 Å². The van der Waals surface area contributed by atoms with Gasteiger partial charge >= 0.3 is 11.8 Å². The van der Waals surface area contributed by atoms with Crippen LogP contribution >= 0.6 is 0 Å². The molecule has 0 saturated heterocycles. The molecule has 5 nitrogen and oxygen atoms in total. The van der Waals surface area contributed by atoms with E-state index in [-0.39, 0.29) is 6.54 Å². The third kappa shape index (κ3) is 3.85. The predicted molar refractivity (Wildman–Crippen MR) is 69.2 cm³/mol. The second kappa shape index (κ2) is 6.16. The lowest BCUT2D eigenvalue weighted by atomic mass is 10.1. The predicted octanol–water partition coefficient (Wildman–Crippen LogP) is 0.739. The lowest BCUT2D eigenvalue weighted by molar-refractivity contribution is -0.136. The minimum Gasteiger partial charge on any atom is -0.392 e. The molecule has 5 heteroatoms. The number of aliphatic hydroxyl groups excluding tert-OH is 1. The number of aliphatic hydroxyl groups is 1. The van der Waals surface area contributed by atoms with Gasteiger partial charge in [0.05, 0.1) is 6.10 Å². The van der Waals surface area contributed by atoms with E-state index in [0.717, 1.165) is 11.1 Å². The van der Waals surface area contributed by atoms with E-state index in [1.807, 2.05) is 26.0 Å². The van der Waals surface area contributed by atoms with Crippen LogP contribution in [0.3, 0.4) is 0 Å². The zero-order valence-corrected chi connectivity index (χ0v) is 10.8. The fraction of sp³-hybridized carbons (Fsp3) is 0.385. The van der Waals surface area contributed by atoms with Crippen LogP contribution in [-0.2, 0) is 9.59 Å². The molecule has 18 heavy (non-hydrogen) atoms. The maximum atomic E-state index is 11.6. The van der Waals surface area contributed by atoms with E-state index in [1.165, 1.54) is 6.92 Å². The van der Waals surface area contributed by atoms with E-state index in [9.17, 15) is 9.59 Å². The zero-order valence-electron chi connectivity index (χ0n) is 10.8. The minimum atomic E-state index is -0.753. The number of hydrogen-bond donors (Lipinski definition) is 3. The van der Waals surface area contributed by atoms with Crippen LogP contribution in [0.4, 0.5) is 5.69 Å². The van der Waals surface area contributed by atoms with Crippen molar-refractivity contribution in [1.82, 2.24) is 5.32 Å². The highest BCUT2D eigenvalue weighted by molar-refractivity contribution is 6.39. The van der Waals surface area contributed by atoms with Crippen molar-refractivity contribution in [3.63, 3.8) is 0 Å². The van der Waals surface area contributed by atoms with Gasteiger partial charge in [0.25, 0.3) is 0 Å². The van der Waals surface area contributed by atoms with Crippen molar-refractivity contribution in [1.29, 1.82) is 0 Å². The van der Waals surface area contributed by atoms with Crippen LogP contribution in [0.5, 0.6) is 0 Å². The standard InChI is InChI=1S/C13H18N2O3/c1-8-5-4-6-11(10(8)3)15-13(18)12(17)14-7-9(2)16/h4-6,9,16H,7H2,1-3H3,(H,14,17)(H,15,18)/t9-/m0/s1. The van der Waals surface area contributed by atoms with Gasteiger partial charge in [-0.25, -0.2) is 0 Å². The van der Waals surface area contributed by atoms with Crippen molar-refractivity contribution in [2.45, 2.75) is 26.9 Å². The third-order valence-corrected chi connectivity index (χ3v) is 2.62. The molecule has 2 amide bonds. The lowest BCUT2D eigenvalue weighted by Crippen LogP contribution is -2.38. The maximum Gasteiger partial charge on any atom is 0.313 e. The number of rotatable bonds is 3. The first kappa shape index (κ1) is 14.2. The third-order valence-electron chi connectivity index (χ3n) is 2.62. The molecule has 0 heterocycles. The van der Waals surface area contributed by atoms with Crippen LogP contribution < -0.4 is 10.6 Å². The molecule has 0 aromatic heterocycles. The smallest absolute Gasteiger partial charge is 0.313 e. The Balaban J connectivity index is 2.64. The summed E-state index contributed by atoms with van der Waals surface area (Å²) in [5, 5.41) is 13.9. The van der Waals surface area contributed by atoms with Crippen LogP contribution in [0.25, 0.3) is 0 Å². The summed E-state index contributed by atoms with van der Waals surface area (Å²) < 4.78 is 0. The quantitative estimate of drug-likeness (QED) is 0.692. The van der Waals surface area contributed by atoms with Crippen molar-refractivity contribution in [3.05, 3.63) is 29.3 Å². The number of nitrogens with one attached hydrogen (secondary N) is 2. The van der Waals surface area contributed by atoms with Gasteiger partial charge in [-0.05, 0) is 38.0 Å². The molecular formula is C13H18N2O3. The van der Waals surface area contributed by atoms with Gasteiger partial charge in [0, 0.05) is 12.2 Å². The number of amides is 2. The topological polar surface area (TPSA) is 78.4 Å². The molecule has 0 saturated carbocycles. The number of anilines is 1. The van der Waals surface area contributed by atoms with Gasteiger partial charge in [0.1, 0.15) is 0 Å². The number of aryl methyl sites for hydroxylation is 1. The maximum absolute atomic E-state index is 11.6. The van der Waals surface area contributed by atoms with Crippen LogP contribution in [-0.4, -0.2) is 29.6 Å². The number of benzene rings is 1. The molecule has 1 rings (SSSR count). The molecule has 1 aromatic carbocycles. The lowest BCUT2D eigenvalue weighted by Gasteiger charge is -2.11. The van der Waals surface area contributed by atoms with Crippen LogP contribution in [0.2, 0.25) is 0 Å². The Hall–Kier alpha value is -1.88. The Morgan fingerprint density at radius 3 is 2.56 bits per heavy atom. The minimum absolute atomic E-state index is 0.0546. The normalized spacial score (nSPS) is 11.8. The van der Waals surface area contributed by atoms with E-state index in [0.29, 0.717) is 5.69 Å². The monoisotopic (exact) mass is 250 g/mol. The fourth-order valence-electron chi connectivity index (χ4n) is 1.39. The van der Waals surface area contributed by atoms with E-state index in [2.05, 4.69) is 10.6 Å². The molecule has 0 aliphatic rings. The van der Waals surface area contributed by atoms with Gasteiger partial charge in [0.2, 0.25) is 0 Å². The summed E-state index contributed by atoms with van der Waals surface area (Å²) >= 11 is 0. The van der Waals surface area contributed by atoms with E-state index < -0.39 is 17.9 Å². The Morgan fingerprint density at radius 1 is 1.28 bits per heavy atom. The summed E-state index contributed by atoms with van der Waals surface area (Å²) in [5.74, 6) is -1.49. The highest BCUT2D eigenvalue weighted by Crippen LogP contribution is 2.17. The number of hydrogen-bond acceptors (Lipinski definition) is 3. The molecule has 1 aromatic rings. The van der Waals surface area contributed by atoms with Crippen LogP contribution in [0.15, 0.2) is 18.2 Å².